The molecule has 2 aliphatic rings. The minimum atomic E-state index is -0.253. The van der Waals surface area contributed by atoms with Gasteiger partial charge in [-0.15, -0.1) is 0 Å². The lowest BCUT2D eigenvalue weighted by molar-refractivity contribution is 0.233. The fourth-order valence-electron chi connectivity index (χ4n) is 3.04. The number of nitrogens with zero attached hydrogens (tertiary/aromatic N) is 3. The highest BCUT2D eigenvalue weighted by atomic mass is 15.4. The standard InChI is InChI=1S/C17H21N5/c1-6-13-9-14(20-15-7-8-18-10-19-15)12(3)22-16(13)11(2)21-17(22,4)5/h7-10,21H,2-3,6H2,1,4-5H3,(H,18,19,20). The summed E-state index contributed by atoms with van der Waals surface area (Å²) in [6.45, 7) is 14.8. The van der Waals surface area contributed by atoms with Crippen LogP contribution in [0.25, 0.3) is 0 Å². The maximum Gasteiger partial charge on any atom is 0.133 e. The van der Waals surface area contributed by atoms with Crippen molar-refractivity contribution in [3.63, 3.8) is 0 Å². The molecule has 1 fully saturated rings. The van der Waals surface area contributed by atoms with Gasteiger partial charge in [-0.1, -0.05) is 20.1 Å². The molecule has 0 radical (unpaired) electrons. The van der Waals surface area contributed by atoms with Crippen LogP contribution in [0.4, 0.5) is 5.82 Å². The minimum absolute atomic E-state index is 0.253. The van der Waals surface area contributed by atoms with Gasteiger partial charge in [0.1, 0.15) is 17.8 Å². The van der Waals surface area contributed by atoms with Gasteiger partial charge in [-0.25, -0.2) is 9.97 Å². The molecule has 1 aromatic heterocycles. The van der Waals surface area contributed by atoms with Gasteiger partial charge in [-0.3, -0.25) is 0 Å². The van der Waals surface area contributed by atoms with Crippen LogP contribution >= 0.6 is 0 Å². The maximum atomic E-state index is 4.27. The largest absolute Gasteiger partial charge is 0.362 e. The number of rotatable bonds is 3. The van der Waals surface area contributed by atoms with E-state index >= 15 is 0 Å². The number of hydrogen-bond acceptors (Lipinski definition) is 5. The molecule has 1 saturated heterocycles. The Morgan fingerprint density at radius 2 is 2.14 bits per heavy atom. The minimum Gasteiger partial charge on any atom is -0.362 e. The fraction of sp³-hybridized carbons (Fsp3) is 0.294. The molecule has 0 atom stereocenters. The van der Waals surface area contributed by atoms with Crippen molar-refractivity contribution in [2.45, 2.75) is 32.9 Å². The van der Waals surface area contributed by atoms with Crippen LogP contribution < -0.4 is 10.6 Å². The van der Waals surface area contributed by atoms with Crippen LogP contribution in [0.1, 0.15) is 27.2 Å². The smallest absolute Gasteiger partial charge is 0.133 e. The lowest BCUT2D eigenvalue weighted by atomic mass is 10.0. The Morgan fingerprint density at radius 3 is 2.77 bits per heavy atom. The van der Waals surface area contributed by atoms with Crippen molar-refractivity contribution in [1.29, 1.82) is 0 Å². The number of nitrogens with one attached hydrogen (secondary N) is 2. The molecular formula is C17H21N5. The zero-order valence-corrected chi connectivity index (χ0v) is 13.3. The lowest BCUT2D eigenvalue weighted by Gasteiger charge is -2.38. The van der Waals surface area contributed by atoms with Crippen LogP contribution in [0.15, 0.2) is 66.2 Å². The number of allylic oxidation sites excluding steroid dienone is 2. The topological polar surface area (TPSA) is 53.1 Å². The van der Waals surface area contributed by atoms with Crippen molar-refractivity contribution in [1.82, 2.24) is 20.2 Å². The van der Waals surface area contributed by atoms with Gasteiger partial charge < -0.3 is 15.5 Å². The van der Waals surface area contributed by atoms with E-state index in [-0.39, 0.29) is 5.66 Å². The zero-order valence-electron chi connectivity index (χ0n) is 13.3. The van der Waals surface area contributed by atoms with E-state index in [1.807, 2.05) is 6.07 Å². The molecule has 0 unspecified atom stereocenters. The molecule has 2 aliphatic heterocycles. The molecule has 22 heavy (non-hydrogen) atoms. The molecule has 5 nitrogen and oxygen atoms in total. The second kappa shape index (κ2) is 5.02. The summed E-state index contributed by atoms with van der Waals surface area (Å²) in [5.41, 5.74) is 4.90. The van der Waals surface area contributed by atoms with Gasteiger partial charge in [0, 0.05) is 6.20 Å². The van der Waals surface area contributed by atoms with Crippen LogP contribution in [-0.4, -0.2) is 20.5 Å². The molecule has 114 valence electrons. The van der Waals surface area contributed by atoms with Crippen molar-refractivity contribution in [2.75, 3.05) is 5.32 Å². The van der Waals surface area contributed by atoms with Crippen molar-refractivity contribution < 1.29 is 0 Å². The molecule has 0 saturated carbocycles. The van der Waals surface area contributed by atoms with Gasteiger partial charge in [0.15, 0.2) is 0 Å². The van der Waals surface area contributed by atoms with E-state index in [0.29, 0.717) is 0 Å². The SMILES string of the molecule is C=C1NC(C)(C)N2C(=C)C(Nc3ccncn3)=CC(CC)=C12. The van der Waals surface area contributed by atoms with E-state index in [0.717, 1.165) is 35.0 Å². The fourth-order valence-corrected chi connectivity index (χ4v) is 3.04. The molecule has 3 heterocycles. The first kappa shape index (κ1) is 14.4. The molecule has 0 amide bonds. The van der Waals surface area contributed by atoms with Gasteiger partial charge >= 0.3 is 0 Å². The third-order valence-electron chi connectivity index (χ3n) is 3.95. The molecule has 2 N–H and O–H groups in total. The molecular weight excluding hydrogens is 274 g/mol. The second-order valence-electron chi connectivity index (χ2n) is 5.95. The highest BCUT2D eigenvalue weighted by Crippen LogP contribution is 2.42. The summed E-state index contributed by atoms with van der Waals surface area (Å²) in [5.74, 6) is 0.755. The molecule has 5 heteroatoms. The molecule has 3 rings (SSSR count). The zero-order chi connectivity index (χ0) is 15.9. The van der Waals surface area contributed by atoms with Gasteiger partial charge in [-0.2, -0.15) is 0 Å². The van der Waals surface area contributed by atoms with E-state index < -0.39 is 0 Å². The van der Waals surface area contributed by atoms with Crippen LogP contribution in [0.2, 0.25) is 0 Å². The highest BCUT2D eigenvalue weighted by Gasteiger charge is 2.42. The van der Waals surface area contributed by atoms with Crippen LogP contribution in [0.3, 0.4) is 0 Å². The Kier molecular flexibility index (Phi) is 3.28. The molecule has 0 bridgehead atoms. The molecule has 1 aromatic rings. The molecule has 0 aliphatic carbocycles. The quantitative estimate of drug-likeness (QED) is 0.897. The average Bonchev–Trinajstić information content (AvgIpc) is 2.73. The van der Waals surface area contributed by atoms with E-state index in [4.69, 9.17) is 0 Å². The third kappa shape index (κ3) is 2.19. The van der Waals surface area contributed by atoms with Crippen molar-refractivity contribution in [2.24, 2.45) is 0 Å². The normalized spacial score (nSPS) is 19.8. The van der Waals surface area contributed by atoms with Crippen LogP contribution in [0, 0.1) is 0 Å². The maximum absolute atomic E-state index is 4.27. The average molecular weight is 295 g/mol. The molecule has 0 aromatic carbocycles. The summed E-state index contributed by atoms with van der Waals surface area (Å²) in [6.07, 6.45) is 6.29. The summed E-state index contributed by atoms with van der Waals surface area (Å²) < 4.78 is 0. The first-order valence-corrected chi connectivity index (χ1v) is 7.39. The second-order valence-corrected chi connectivity index (χ2v) is 5.95. The highest BCUT2D eigenvalue weighted by molar-refractivity contribution is 5.58. The third-order valence-corrected chi connectivity index (χ3v) is 3.95. The Labute approximate surface area is 131 Å². The summed E-state index contributed by atoms with van der Waals surface area (Å²) in [7, 11) is 0. The van der Waals surface area contributed by atoms with Gasteiger partial charge in [0.25, 0.3) is 0 Å². The van der Waals surface area contributed by atoms with Gasteiger partial charge in [-0.05, 0) is 38.0 Å². The van der Waals surface area contributed by atoms with Crippen LogP contribution in [0.5, 0.6) is 0 Å². The Balaban J connectivity index is 2.03. The number of aromatic nitrogens is 2. The van der Waals surface area contributed by atoms with E-state index in [1.165, 1.54) is 11.9 Å². The predicted molar refractivity (Wildman–Crippen MR) is 88.4 cm³/mol. The number of fused-ring (bicyclic) bond motifs is 1. The van der Waals surface area contributed by atoms with Crippen molar-refractivity contribution in [3.8, 4) is 0 Å². The van der Waals surface area contributed by atoms with Gasteiger partial charge in [0.05, 0.1) is 22.8 Å². The van der Waals surface area contributed by atoms with Crippen LogP contribution in [-0.2, 0) is 0 Å². The summed E-state index contributed by atoms with van der Waals surface area (Å²) in [5, 5.41) is 6.78. The van der Waals surface area contributed by atoms with E-state index in [1.54, 1.807) is 6.20 Å². The Hall–Kier alpha value is -2.56. The lowest BCUT2D eigenvalue weighted by Crippen LogP contribution is -2.45. The number of hydrogen-bond donors (Lipinski definition) is 2. The monoisotopic (exact) mass is 295 g/mol. The summed E-state index contributed by atoms with van der Waals surface area (Å²) >= 11 is 0. The first-order chi connectivity index (χ1) is 10.4. The van der Waals surface area contributed by atoms with Crippen molar-refractivity contribution in [3.05, 3.63) is 66.2 Å². The van der Waals surface area contributed by atoms with E-state index in [9.17, 15) is 0 Å². The van der Waals surface area contributed by atoms with E-state index in [2.05, 4.69) is 65.5 Å². The van der Waals surface area contributed by atoms with Gasteiger partial charge in [0.2, 0.25) is 0 Å². The van der Waals surface area contributed by atoms with Crippen molar-refractivity contribution >= 4 is 5.82 Å². The Bertz CT molecular complexity index is 697. The Morgan fingerprint density at radius 1 is 1.36 bits per heavy atom. The predicted octanol–water partition coefficient (Wildman–Crippen LogP) is 3.12. The first-order valence-electron chi connectivity index (χ1n) is 7.39. The molecule has 0 spiro atoms. The summed E-state index contributed by atoms with van der Waals surface area (Å²) in [4.78, 5) is 10.4. The summed E-state index contributed by atoms with van der Waals surface area (Å²) in [6, 6.07) is 1.84. The number of anilines is 1.